The van der Waals surface area contributed by atoms with Gasteiger partial charge in [0.25, 0.3) is 17.7 Å². The zero-order chi connectivity index (χ0) is 16.6. The standard InChI is InChI=1S/C18H15ClN2O3/c19-12-4-2-1-3-9(12)15(22)20-21-16(23)13-10-5-6-11(14(13)17(21)24)18(10)7-8-18/h1-6,10-11,13-14H,7-8H2,(H,20,22)/t10-,11-,13-,14-/m1/s1. The highest BCUT2D eigenvalue weighted by molar-refractivity contribution is 6.33. The molecular formula is C18H15ClN2O3. The Morgan fingerprint density at radius 3 is 2.21 bits per heavy atom. The Morgan fingerprint density at radius 1 is 1.08 bits per heavy atom. The maximum atomic E-state index is 12.8. The van der Waals surface area contributed by atoms with Crippen molar-refractivity contribution in [2.45, 2.75) is 12.8 Å². The highest BCUT2D eigenvalue weighted by Crippen LogP contribution is 2.73. The maximum absolute atomic E-state index is 12.8. The zero-order valence-electron chi connectivity index (χ0n) is 12.7. The number of fused-ring (bicyclic) bond motifs is 3. The average molecular weight is 343 g/mol. The van der Waals surface area contributed by atoms with E-state index in [1.165, 1.54) is 0 Å². The molecule has 1 aromatic rings. The summed E-state index contributed by atoms with van der Waals surface area (Å²) in [6, 6.07) is 6.56. The van der Waals surface area contributed by atoms with Crippen molar-refractivity contribution in [2.75, 3.05) is 0 Å². The van der Waals surface area contributed by atoms with E-state index in [2.05, 4.69) is 17.6 Å². The number of benzene rings is 1. The summed E-state index contributed by atoms with van der Waals surface area (Å²) >= 11 is 6.02. The Morgan fingerprint density at radius 2 is 1.67 bits per heavy atom. The van der Waals surface area contributed by atoms with Crippen LogP contribution in [0.2, 0.25) is 5.02 Å². The minimum Gasteiger partial charge on any atom is -0.272 e. The van der Waals surface area contributed by atoms with E-state index >= 15 is 0 Å². The van der Waals surface area contributed by atoms with E-state index in [1.54, 1.807) is 24.3 Å². The van der Waals surface area contributed by atoms with Gasteiger partial charge in [0.05, 0.1) is 22.4 Å². The molecule has 5 nitrogen and oxygen atoms in total. The van der Waals surface area contributed by atoms with E-state index in [4.69, 9.17) is 11.6 Å². The first-order chi connectivity index (χ1) is 11.5. The van der Waals surface area contributed by atoms with Gasteiger partial charge in [0.15, 0.2) is 0 Å². The number of hydrazine groups is 1. The fraction of sp³-hybridized carbons (Fsp3) is 0.389. The van der Waals surface area contributed by atoms with Crippen molar-refractivity contribution in [2.24, 2.45) is 29.1 Å². The Hall–Kier alpha value is -2.14. The summed E-state index contributed by atoms with van der Waals surface area (Å²) in [6.07, 6.45) is 6.39. The highest BCUT2D eigenvalue weighted by Gasteiger charge is 2.73. The predicted octanol–water partition coefficient (Wildman–Crippen LogP) is 2.18. The van der Waals surface area contributed by atoms with Crippen molar-refractivity contribution >= 4 is 29.3 Å². The minimum atomic E-state index is -0.538. The first kappa shape index (κ1) is 14.2. The number of nitrogens with one attached hydrogen (secondary N) is 1. The van der Waals surface area contributed by atoms with Crippen LogP contribution in [0.15, 0.2) is 36.4 Å². The lowest BCUT2D eigenvalue weighted by atomic mass is 9.85. The number of carbonyl (C=O) groups excluding carboxylic acids is 3. The third kappa shape index (κ3) is 1.58. The average Bonchev–Trinajstić information content (AvgIpc) is 3.18. The molecule has 4 aliphatic rings. The van der Waals surface area contributed by atoms with Crippen molar-refractivity contribution in [3.05, 3.63) is 47.0 Å². The van der Waals surface area contributed by atoms with Crippen LogP contribution in [0.1, 0.15) is 23.2 Å². The van der Waals surface area contributed by atoms with Crippen LogP contribution in [0.4, 0.5) is 0 Å². The molecule has 2 bridgehead atoms. The SMILES string of the molecule is O=C(NN1C(=O)[C@H]2[C@H](C1=O)[C@H]1C=C[C@H]2C12CC2)c1ccccc1Cl. The molecule has 4 atom stereocenters. The Balaban J connectivity index is 1.42. The third-order valence-corrected chi connectivity index (χ3v) is 6.51. The van der Waals surface area contributed by atoms with Crippen LogP contribution in [0, 0.1) is 29.1 Å². The molecule has 122 valence electrons. The van der Waals surface area contributed by atoms with E-state index < -0.39 is 5.91 Å². The number of rotatable bonds is 2. The molecule has 24 heavy (non-hydrogen) atoms. The number of carbonyl (C=O) groups is 3. The summed E-state index contributed by atoms with van der Waals surface area (Å²) in [7, 11) is 0. The van der Waals surface area contributed by atoms with Crippen molar-refractivity contribution in [1.82, 2.24) is 10.4 Å². The van der Waals surface area contributed by atoms with Crippen LogP contribution in [0.3, 0.4) is 0 Å². The molecule has 1 spiro atoms. The second-order valence-corrected chi connectivity index (χ2v) is 7.56. The molecule has 3 fully saturated rings. The summed E-state index contributed by atoms with van der Waals surface area (Å²) in [5.74, 6) is -1.45. The van der Waals surface area contributed by atoms with Gasteiger partial charge in [-0.2, -0.15) is 5.01 Å². The summed E-state index contributed by atoms with van der Waals surface area (Å²) in [5.41, 5.74) is 2.86. The van der Waals surface area contributed by atoms with Gasteiger partial charge in [-0.15, -0.1) is 0 Å². The fourth-order valence-corrected chi connectivity index (χ4v) is 5.22. The molecule has 1 aliphatic heterocycles. The molecule has 0 aromatic heterocycles. The maximum Gasteiger partial charge on any atom is 0.271 e. The van der Waals surface area contributed by atoms with Gasteiger partial charge in [0, 0.05) is 0 Å². The smallest absolute Gasteiger partial charge is 0.271 e. The molecule has 1 aromatic carbocycles. The van der Waals surface area contributed by atoms with Crippen molar-refractivity contribution in [3.63, 3.8) is 0 Å². The predicted molar refractivity (Wildman–Crippen MR) is 85.5 cm³/mol. The number of hydrogen-bond acceptors (Lipinski definition) is 3. The van der Waals surface area contributed by atoms with E-state index in [1.807, 2.05) is 0 Å². The molecule has 3 aliphatic carbocycles. The van der Waals surface area contributed by atoms with Gasteiger partial charge in [-0.25, -0.2) is 0 Å². The first-order valence-corrected chi connectivity index (χ1v) is 8.54. The normalized spacial score (nSPS) is 34.1. The summed E-state index contributed by atoms with van der Waals surface area (Å²) in [6.45, 7) is 0. The molecule has 0 unspecified atom stereocenters. The molecule has 1 N–H and O–H groups in total. The van der Waals surface area contributed by atoms with Crippen LogP contribution >= 0.6 is 11.6 Å². The molecule has 6 heteroatoms. The van der Waals surface area contributed by atoms with Crippen molar-refractivity contribution < 1.29 is 14.4 Å². The van der Waals surface area contributed by atoms with Crippen LogP contribution in [0.25, 0.3) is 0 Å². The van der Waals surface area contributed by atoms with E-state index in [0.717, 1.165) is 17.9 Å². The first-order valence-electron chi connectivity index (χ1n) is 8.16. The molecule has 0 radical (unpaired) electrons. The lowest BCUT2D eigenvalue weighted by Crippen LogP contribution is -2.48. The Kier molecular flexibility index (Phi) is 2.65. The van der Waals surface area contributed by atoms with Crippen LogP contribution in [0.5, 0.6) is 0 Å². The van der Waals surface area contributed by atoms with Gasteiger partial charge in [-0.1, -0.05) is 35.9 Å². The van der Waals surface area contributed by atoms with Crippen LogP contribution < -0.4 is 5.43 Å². The van der Waals surface area contributed by atoms with Gasteiger partial charge in [-0.05, 0) is 42.2 Å². The van der Waals surface area contributed by atoms with Gasteiger partial charge in [0.2, 0.25) is 0 Å². The number of allylic oxidation sites excluding steroid dienone is 2. The molecular weight excluding hydrogens is 328 g/mol. The number of nitrogens with zero attached hydrogens (tertiary/aromatic N) is 1. The van der Waals surface area contributed by atoms with Crippen molar-refractivity contribution in [1.29, 1.82) is 0 Å². The van der Waals surface area contributed by atoms with Crippen molar-refractivity contribution in [3.8, 4) is 0 Å². The lowest BCUT2D eigenvalue weighted by molar-refractivity contribution is -0.144. The minimum absolute atomic E-state index is 0.145. The summed E-state index contributed by atoms with van der Waals surface area (Å²) in [5, 5.41) is 1.21. The monoisotopic (exact) mass is 342 g/mol. The van der Waals surface area contributed by atoms with Gasteiger partial charge in [0.1, 0.15) is 0 Å². The zero-order valence-corrected chi connectivity index (χ0v) is 13.5. The van der Waals surface area contributed by atoms with Gasteiger partial charge in [-0.3, -0.25) is 19.8 Å². The molecule has 2 saturated carbocycles. The molecule has 1 saturated heterocycles. The van der Waals surface area contributed by atoms with Crippen LogP contribution in [-0.4, -0.2) is 22.7 Å². The highest BCUT2D eigenvalue weighted by atomic mass is 35.5. The Bertz CT molecular complexity index is 795. The second kappa shape index (κ2) is 4.48. The number of amides is 3. The van der Waals surface area contributed by atoms with Gasteiger partial charge >= 0.3 is 0 Å². The second-order valence-electron chi connectivity index (χ2n) is 7.15. The molecule has 1 heterocycles. The summed E-state index contributed by atoms with van der Waals surface area (Å²) in [4.78, 5) is 37.9. The Labute approximate surface area is 143 Å². The largest absolute Gasteiger partial charge is 0.272 e. The third-order valence-electron chi connectivity index (χ3n) is 6.18. The number of halogens is 1. The molecule has 3 amide bonds. The van der Waals surface area contributed by atoms with E-state index in [-0.39, 0.29) is 51.5 Å². The molecule has 5 rings (SSSR count). The van der Waals surface area contributed by atoms with Crippen LogP contribution in [-0.2, 0) is 9.59 Å². The lowest BCUT2D eigenvalue weighted by Gasteiger charge is -2.22. The summed E-state index contributed by atoms with van der Waals surface area (Å²) < 4.78 is 0. The topological polar surface area (TPSA) is 66.5 Å². The number of hydrogen-bond donors (Lipinski definition) is 1. The van der Waals surface area contributed by atoms with E-state index in [9.17, 15) is 14.4 Å². The quantitative estimate of drug-likeness (QED) is 0.661. The van der Waals surface area contributed by atoms with E-state index in [0.29, 0.717) is 0 Å². The number of imide groups is 1. The van der Waals surface area contributed by atoms with Gasteiger partial charge < -0.3 is 0 Å². The fourth-order valence-electron chi connectivity index (χ4n) is 5.00.